The van der Waals surface area contributed by atoms with Gasteiger partial charge in [0.05, 0.1) is 0 Å². The summed E-state index contributed by atoms with van der Waals surface area (Å²) in [5.41, 5.74) is 6.64. The molecule has 3 amide bonds. The molecule has 0 spiro atoms. The van der Waals surface area contributed by atoms with Gasteiger partial charge in [-0.2, -0.15) is 0 Å². The molecule has 1 aromatic carbocycles. The predicted octanol–water partition coefficient (Wildman–Crippen LogP) is 2.67. The molecule has 0 bridgehead atoms. The summed E-state index contributed by atoms with van der Waals surface area (Å²) in [5, 5.41) is 5.79. The Labute approximate surface area is 123 Å². The van der Waals surface area contributed by atoms with Gasteiger partial charge in [-0.05, 0) is 30.5 Å². The number of hydrogen-bond acceptors (Lipinski definition) is 2. The molecule has 0 aliphatic rings. The third-order valence-corrected chi connectivity index (χ3v) is 3.49. The smallest absolute Gasteiger partial charge is 0.312 e. The van der Waals surface area contributed by atoms with Crippen molar-refractivity contribution in [3.63, 3.8) is 0 Å². The van der Waals surface area contributed by atoms with Crippen molar-refractivity contribution in [3.8, 4) is 0 Å². The van der Waals surface area contributed by atoms with Gasteiger partial charge in [0.15, 0.2) is 0 Å². The minimum atomic E-state index is -0.715. The quantitative estimate of drug-likeness (QED) is 0.780. The molecule has 0 aliphatic carbocycles. The molecule has 0 saturated heterocycles. The Morgan fingerprint density at radius 2 is 2.05 bits per heavy atom. The Bertz CT molecular complexity index is 505. The standard InChI is InChI=1S/C14H20ClN3O2/c1-4-8(2)12(18-14(16)20)13(19)17-11-7-10(15)6-5-9(11)3/h5-8,12H,4H2,1-3H3,(H,17,19)(H3,16,18,20)/t8-,12-/m0/s1. The summed E-state index contributed by atoms with van der Waals surface area (Å²) in [6.07, 6.45) is 0.743. The van der Waals surface area contributed by atoms with E-state index in [1.54, 1.807) is 12.1 Å². The van der Waals surface area contributed by atoms with Crippen LogP contribution in [0.3, 0.4) is 0 Å². The molecule has 0 aliphatic heterocycles. The SMILES string of the molecule is CC[C@H](C)[C@H](NC(N)=O)C(=O)Nc1cc(Cl)ccc1C. The Balaban J connectivity index is 2.90. The monoisotopic (exact) mass is 297 g/mol. The van der Waals surface area contributed by atoms with Crippen molar-refractivity contribution < 1.29 is 9.59 Å². The minimum Gasteiger partial charge on any atom is -0.352 e. The van der Waals surface area contributed by atoms with Crippen LogP contribution in [0.15, 0.2) is 18.2 Å². The van der Waals surface area contributed by atoms with E-state index >= 15 is 0 Å². The highest BCUT2D eigenvalue weighted by Gasteiger charge is 2.25. The highest BCUT2D eigenvalue weighted by molar-refractivity contribution is 6.31. The number of nitrogens with two attached hydrogens (primary N) is 1. The van der Waals surface area contributed by atoms with Gasteiger partial charge in [-0.3, -0.25) is 4.79 Å². The molecule has 0 saturated carbocycles. The summed E-state index contributed by atoms with van der Waals surface area (Å²) >= 11 is 5.91. The largest absolute Gasteiger partial charge is 0.352 e. The van der Waals surface area contributed by atoms with E-state index in [1.165, 1.54) is 0 Å². The molecule has 0 heterocycles. The number of carbonyl (C=O) groups excluding carboxylic acids is 2. The van der Waals surface area contributed by atoms with E-state index in [4.69, 9.17) is 17.3 Å². The molecule has 0 aromatic heterocycles. The zero-order chi connectivity index (χ0) is 15.3. The first-order chi connectivity index (χ1) is 9.35. The average molecular weight is 298 g/mol. The van der Waals surface area contributed by atoms with Gasteiger partial charge in [-0.1, -0.05) is 37.9 Å². The molecule has 2 atom stereocenters. The van der Waals surface area contributed by atoms with Crippen LogP contribution in [0.25, 0.3) is 0 Å². The fraction of sp³-hybridized carbons (Fsp3) is 0.429. The number of anilines is 1. The Morgan fingerprint density at radius 3 is 2.60 bits per heavy atom. The molecule has 0 fully saturated rings. The third-order valence-electron chi connectivity index (χ3n) is 3.25. The van der Waals surface area contributed by atoms with Crippen molar-refractivity contribution >= 4 is 29.2 Å². The van der Waals surface area contributed by atoms with Gasteiger partial charge in [-0.15, -0.1) is 0 Å². The summed E-state index contributed by atoms with van der Waals surface area (Å²) in [5.74, 6) is -0.328. The van der Waals surface area contributed by atoms with Crippen molar-refractivity contribution in [2.24, 2.45) is 11.7 Å². The first kappa shape index (κ1) is 16.3. The van der Waals surface area contributed by atoms with Crippen LogP contribution >= 0.6 is 11.6 Å². The fourth-order valence-electron chi connectivity index (χ4n) is 1.79. The van der Waals surface area contributed by atoms with E-state index in [0.29, 0.717) is 10.7 Å². The van der Waals surface area contributed by atoms with Crippen molar-refractivity contribution in [3.05, 3.63) is 28.8 Å². The molecule has 6 heteroatoms. The number of carbonyl (C=O) groups is 2. The van der Waals surface area contributed by atoms with Gasteiger partial charge in [-0.25, -0.2) is 4.79 Å². The van der Waals surface area contributed by atoms with E-state index in [0.717, 1.165) is 12.0 Å². The minimum absolute atomic E-state index is 0.0259. The second-order valence-corrected chi connectivity index (χ2v) is 5.26. The summed E-state index contributed by atoms with van der Waals surface area (Å²) in [6.45, 7) is 5.69. The number of amides is 3. The Morgan fingerprint density at radius 1 is 1.40 bits per heavy atom. The number of nitrogens with one attached hydrogen (secondary N) is 2. The van der Waals surface area contributed by atoms with Crippen LogP contribution in [0.5, 0.6) is 0 Å². The first-order valence-corrected chi connectivity index (χ1v) is 6.86. The topological polar surface area (TPSA) is 84.2 Å². The molecule has 1 aromatic rings. The first-order valence-electron chi connectivity index (χ1n) is 6.48. The summed E-state index contributed by atoms with van der Waals surface area (Å²) in [4.78, 5) is 23.3. The number of hydrogen-bond donors (Lipinski definition) is 3. The zero-order valence-electron chi connectivity index (χ0n) is 11.9. The van der Waals surface area contributed by atoms with E-state index in [-0.39, 0.29) is 11.8 Å². The van der Waals surface area contributed by atoms with E-state index in [2.05, 4.69) is 10.6 Å². The van der Waals surface area contributed by atoms with E-state index < -0.39 is 12.1 Å². The molecule has 20 heavy (non-hydrogen) atoms. The van der Waals surface area contributed by atoms with Crippen molar-refractivity contribution in [2.45, 2.75) is 33.2 Å². The van der Waals surface area contributed by atoms with E-state index in [1.807, 2.05) is 26.8 Å². The number of halogens is 1. The van der Waals surface area contributed by atoms with Gasteiger partial charge in [0.1, 0.15) is 6.04 Å². The summed E-state index contributed by atoms with van der Waals surface area (Å²) in [6, 6.07) is 3.86. The van der Waals surface area contributed by atoms with E-state index in [9.17, 15) is 9.59 Å². The van der Waals surface area contributed by atoms with Gasteiger partial charge in [0.25, 0.3) is 0 Å². The summed E-state index contributed by atoms with van der Waals surface area (Å²) in [7, 11) is 0. The van der Waals surface area contributed by atoms with Gasteiger partial charge in [0.2, 0.25) is 5.91 Å². The zero-order valence-corrected chi connectivity index (χ0v) is 12.6. The molecular formula is C14H20ClN3O2. The summed E-state index contributed by atoms with van der Waals surface area (Å²) < 4.78 is 0. The number of urea groups is 1. The highest BCUT2D eigenvalue weighted by atomic mass is 35.5. The lowest BCUT2D eigenvalue weighted by atomic mass is 9.98. The lowest BCUT2D eigenvalue weighted by Crippen LogP contribution is -2.49. The maximum atomic E-state index is 12.3. The van der Waals surface area contributed by atoms with Crippen molar-refractivity contribution in [1.82, 2.24) is 5.32 Å². The number of primary amides is 1. The molecule has 110 valence electrons. The predicted molar refractivity (Wildman–Crippen MR) is 80.8 cm³/mol. The maximum absolute atomic E-state index is 12.3. The number of aryl methyl sites for hydroxylation is 1. The van der Waals surface area contributed by atoms with Crippen LogP contribution in [0.1, 0.15) is 25.8 Å². The second-order valence-electron chi connectivity index (χ2n) is 4.82. The molecule has 4 N–H and O–H groups in total. The fourth-order valence-corrected chi connectivity index (χ4v) is 1.97. The highest BCUT2D eigenvalue weighted by Crippen LogP contribution is 2.21. The van der Waals surface area contributed by atoms with Crippen LogP contribution in [0.4, 0.5) is 10.5 Å². The lowest BCUT2D eigenvalue weighted by molar-refractivity contribution is -0.119. The van der Waals surface area contributed by atoms with Crippen LogP contribution in [0, 0.1) is 12.8 Å². The lowest BCUT2D eigenvalue weighted by Gasteiger charge is -2.23. The van der Waals surface area contributed by atoms with Crippen molar-refractivity contribution in [1.29, 1.82) is 0 Å². The second kappa shape index (κ2) is 7.14. The van der Waals surface area contributed by atoms with Crippen LogP contribution in [-0.2, 0) is 4.79 Å². The van der Waals surface area contributed by atoms with Crippen LogP contribution in [-0.4, -0.2) is 18.0 Å². The molecule has 0 unspecified atom stereocenters. The number of rotatable bonds is 5. The van der Waals surface area contributed by atoms with Crippen LogP contribution < -0.4 is 16.4 Å². The van der Waals surface area contributed by atoms with Crippen LogP contribution in [0.2, 0.25) is 5.02 Å². The van der Waals surface area contributed by atoms with Gasteiger partial charge >= 0.3 is 6.03 Å². The normalized spacial score (nSPS) is 13.4. The Hall–Kier alpha value is -1.75. The van der Waals surface area contributed by atoms with Gasteiger partial charge in [0, 0.05) is 10.7 Å². The molecule has 0 radical (unpaired) electrons. The number of benzene rings is 1. The average Bonchev–Trinajstić information content (AvgIpc) is 2.39. The molecule has 1 rings (SSSR count). The molecular weight excluding hydrogens is 278 g/mol. The third kappa shape index (κ3) is 4.42. The maximum Gasteiger partial charge on any atom is 0.312 e. The van der Waals surface area contributed by atoms with Crippen molar-refractivity contribution in [2.75, 3.05) is 5.32 Å². The Kier molecular flexibility index (Phi) is 5.82. The van der Waals surface area contributed by atoms with Gasteiger partial charge < -0.3 is 16.4 Å². The molecule has 5 nitrogen and oxygen atoms in total.